The van der Waals surface area contributed by atoms with E-state index in [1.807, 2.05) is 36.4 Å². The van der Waals surface area contributed by atoms with Gasteiger partial charge >= 0.3 is 0 Å². The van der Waals surface area contributed by atoms with Crippen molar-refractivity contribution in [2.24, 2.45) is 0 Å². The Bertz CT molecular complexity index is 1050. The molecule has 1 aliphatic heterocycles. The van der Waals surface area contributed by atoms with Crippen molar-refractivity contribution in [1.29, 1.82) is 0 Å². The first-order valence-corrected chi connectivity index (χ1v) is 9.92. The lowest BCUT2D eigenvalue weighted by atomic mass is 10.1. The summed E-state index contributed by atoms with van der Waals surface area (Å²) in [5, 5.41) is 10.2. The maximum absolute atomic E-state index is 12.5. The number of hydrogen-bond donors (Lipinski definition) is 2. The number of anilines is 2. The van der Waals surface area contributed by atoms with Crippen LogP contribution in [0.25, 0.3) is 11.4 Å². The molecule has 7 heteroatoms. The molecule has 1 saturated heterocycles. The lowest BCUT2D eigenvalue weighted by molar-refractivity contribution is -0.117. The van der Waals surface area contributed by atoms with Crippen LogP contribution >= 0.6 is 0 Å². The van der Waals surface area contributed by atoms with Gasteiger partial charge in [-0.15, -0.1) is 0 Å². The number of H-pyrrole nitrogens is 1. The average Bonchev–Trinajstić information content (AvgIpc) is 3.32. The van der Waals surface area contributed by atoms with Gasteiger partial charge in [0.2, 0.25) is 5.91 Å². The number of rotatable bonds is 5. The zero-order valence-electron chi connectivity index (χ0n) is 15.9. The molecule has 2 fully saturated rings. The van der Waals surface area contributed by atoms with E-state index in [1.54, 1.807) is 17.0 Å². The van der Waals surface area contributed by atoms with Gasteiger partial charge < -0.3 is 10.2 Å². The van der Waals surface area contributed by atoms with Gasteiger partial charge in [-0.3, -0.25) is 14.7 Å². The molecule has 2 aromatic carbocycles. The topological polar surface area (TPSA) is 91.0 Å². The van der Waals surface area contributed by atoms with Crippen molar-refractivity contribution >= 4 is 23.2 Å². The number of carbonyl (C=O) groups excluding carboxylic acids is 2. The van der Waals surface area contributed by atoms with Crippen LogP contribution in [0.1, 0.15) is 47.8 Å². The summed E-state index contributed by atoms with van der Waals surface area (Å²) >= 11 is 0. The molecular weight excluding hydrogens is 366 g/mol. The molecule has 7 nitrogen and oxygen atoms in total. The van der Waals surface area contributed by atoms with Gasteiger partial charge in [-0.05, 0) is 67.8 Å². The van der Waals surface area contributed by atoms with Crippen LogP contribution in [0.2, 0.25) is 0 Å². The SMILES string of the molecule is O=C(Nc1ccc(-c2n[nH]c(C3CC3)n2)cc1)c1ccc(N2CCCC2=O)cc1. The fourth-order valence-electron chi connectivity index (χ4n) is 3.56. The van der Waals surface area contributed by atoms with E-state index in [-0.39, 0.29) is 11.8 Å². The monoisotopic (exact) mass is 387 g/mol. The quantitative estimate of drug-likeness (QED) is 0.698. The number of amides is 2. The lowest BCUT2D eigenvalue weighted by Crippen LogP contribution is -2.23. The Balaban J connectivity index is 1.24. The minimum Gasteiger partial charge on any atom is -0.322 e. The molecular formula is C22H21N5O2. The second kappa shape index (κ2) is 7.16. The van der Waals surface area contributed by atoms with Gasteiger partial charge in [0.1, 0.15) is 5.82 Å². The number of nitrogens with one attached hydrogen (secondary N) is 2. The van der Waals surface area contributed by atoms with Gasteiger partial charge in [0, 0.05) is 41.4 Å². The second-order valence-electron chi connectivity index (χ2n) is 7.55. The van der Waals surface area contributed by atoms with Crippen LogP contribution in [-0.2, 0) is 4.79 Å². The first-order chi connectivity index (χ1) is 14.2. The van der Waals surface area contributed by atoms with Crippen LogP contribution in [-0.4, -0.2) is 33.5 Å². The maximum Gasteiger partial charge on any atom is 0.255 e. The van der Waals surface area contributed by atoms with Gasteiger partial charge in [0.05, 0.1) is 0 Å². The van der Waals surface area contributed by atoms with Crippen LogP contribution in [0.5, 0.6) is 0 Å². The molecule has 0 atom stereocenters. The summed E-state index contributed by atoms with van der Waals surface area (Å²) in [5.74, 6) is 2.11. The molecule has 3 aromatic rings. The molecule has 2 amide bonds. The van der Waals surface area contributed by atoms with Crippen molar-refractivity contribution in [2.45, 2.75) is 31.6 Å². The van der Waals surface area contributed by atoms with Gasteiger partial charge in [-0.25, -0.2) is 4.98 Å². The van der Waals surface area contributed by atoms with Crippen LogP contribution in [0.4, 0.5) is 11.4 Å². The molecule has 5 rings (SSSR count). The molecule has 1 aromatic heterocycles. The van der Waals surface area contributed by atoms with Crippen molar-refractivity contribution in [3.8, 4) is 11.4 Å². The number of hydrogen-bond acceptors (Lipinski definition) is 4. The van der Waals surface area contributed by atoms with Crippen molar-refractivity contribution < 1.29 is 9.59 Å². The van der Waals surface area contributed by atoms with E-state index in [0.29, 0.717) is 29.4 Å². The molecule has 2 aliphatic rings. The third-order valence-corrected chi connectivity index (χ3v) is 5.38. The molecule has 2 heterocycles. The van der Waals surface area contributed by atoms with E-state index in [0.717, 1.165) is 30.0 Å². The molecule has 29 heavy (non-hydrogen) atoms. The maximum atomic E-state index is 12.5. The summed E-state index contributed by atoms with van der Waals surface area (Å²) in [6, 6.07) is 14.6. The van der Waals surface area contributed by atoms with Crippen molar-refractivity contribution in [3.63, 3.8) is 0 Å². The summed E-state index contributed by atoms with van der Waals surface area (Å²) < 4.78 is 0. The summed E-state index contributed by atoms with van der Waals surface area (Å²) in [4.78, 5) is 30.7. The Kier molecular flexibility index (Phi) is 4.35. The normalized spacial score (nSPS) is 16.3. The predicted molar refractivity (Wildman–Crippen MR) is 110 cm³/mol. The van der Waals surface area contributed by atoms with Crippen LogP contribution in [0.15, 0.2) is 48.5 Å². The Morgan fingerprint density at radius 3 is 2.48 bits per heavy atom. The van der Waals surface area contributed by atoms with Gasteiger partial charge in [-0.1, -0.05) is 0 Å². The number of carbonyl (C=O) groups is 2. The fraction of sp³-hybridized carbons (Fsp3) is 0.273. The van der Waals surface area contributed by atoms with Crippen LogP contribution in [0.3, 0.4) is 0 Å². The lowest BCUT2D eigenvalue weighted by Gasteiger charge is -2.15. The predicted octanol–water partition coefficient (Wildman–Crippen LogP) is 3.73. The molecule has 0 radical (unpaired) electrons. The van der Waals surface area contributed by atoms with E-state index in [1.165, 1.54) is 12.8 Å². The molecule has 1 aliphatic carbocycles. The van der Waals surface area contributed by atoms with Gasteiger partial charge in [0.15, 0.2) is 5.82 Å². The highest BCUT2D eigenvalue weighted by atomic mass is 16.2. The molecule has 2 N–H and O–H groups in total. The Labute approximate surface area is 168 Å². The smallest absolute Gasteiger partial charge is 0.255 e. The molecule has 0 unspecified atom stereocenters. The number of nitrogens with zero attached hydrogens (tertiary/aromatic N) is 3. The average molecular weight is 387 g/mol. The van der Waals surface area contributed by atoms with Crippen LogP contribution < -0.4 is 10.2 Å². The first kappa shape index (κ1) is 17.6. The van der Waals surface area contributed by atoms with Crippen molar-refractivity contribution in [2.75, 3.05) is 16.8 Å². The van der Waals surface area contributed by atoms with E-state index in [9.17, 15) is 9.59 Å². The van der Waals surface area contributed by atoms with Crippen molar-refractivity contribution in [3.05, 3.63) is 59.9 Å². The number of benzene rings is 2. The molecule has 0 bridgehead atoms. The molecule has 146 valence electrons. The zero-order valence-corrected chi connectivity index (χ0v) is 15.9. The minimum absolute atomic E-state index is 0.137. The molecule has 0 spiro atoms. The molecule has 1 saturated carbocycles. The Morgan fingerprint density at radius 1 is 1.07 bits per heavy atom. The van der Waals surface area contributed by atoms with Gasteiger partial charge in [0.25, 0.3) is 5.91 Å². The van der Waals surface area contributed by atoms with E-state index < -0.39 is 0 Å². The summed E-state index contributed by atoms with van der Waals surface area (Å²) in [5.41, 5.74) is 3.00. The largest absolute Gasteiger partial charge is 0.322 e. The number of aromatic amines is 1. The second-order valence-corrected chi connectivity index (χ2v) is 7.55. The van der Waals surface area contributed by atoms with E-state index >= 15 is 0 Å². The summed E-state index contributed by atoms with van der Waals surface area (Å²) in [7, 11) is 0. The highest BCUT2D eigenvalue weighted by Gasteiger charge is 2.27. The van der Waals surface area contributed by atoms with Crippen LogP contribution in [0, 0.1) is 0 Å². The number of aromatic nitrogens is 3. The summed E-state index contributed by atoms with van der Waals surface area (Å²) in [6.45, 7) is 0.740. The summed E-state index contributed by atoms with van der Waals surface area (Å²) in [6.07, 6.45) is 3.82. The zero-order chi connectivity index (χ0) is 19.8. The highest BCUT2D eigenvalue weighted by molar-refractivity contribution is 6.05. The standard InChI is InChI=1S/C22H21N5O2/c28-19-2-1-13-27(19)18-11-7-16(8-12-18)22(29)23-17-9-5-15(6-10-17)21-24-20(25-26-21)14-3-4-14/h5-12,14H,1-4,13H2,(H,23,29)(H,24,25,26). The fourth-order valence-corrected chi connectivity index (χ4v) is 3.56. The Hall–Kier alpha value is -3.48. The van der Waals surface area contributed by atoms with E-state index in [2.05, 4.69) is 20.5 Å². The van der Waals surface area contributed by atoms with E-state index in [4.69, 9.17) is 0 Å². The Morgan fingerprint density at radius 2 is 1.83 bits per heavy atom. The van der Waals surface area contributed by atoms with Crippen molar-refractivity contribution in [1.82, 2.24) is 15.2 Å². The van der Waals surface area contributed by atoms with Gasteiger partial charge in [-0.2, -0.15) is 5.10 Å². The third kappa shape index (κ3) is 3.63. The third-order valence-electron chi connectivity index (χ3n) is 5.38. The highest BCUT2D eigenvalue weighted by Crippen LogP contribution is 2.38. The minimum atomic E-state index is -0.189. The first-order valence-electron chi connectivity index (χ1n) is 9.92.